The van der Waals surface area contributed by atoms with Gasteiger partial charge in [-0.05, 0) is 18.6 Å². The number of para-hydroxylation sites is 1. The molecule has 0 aliphatic carbocycles. The zero-order valence-electron chi connectivity index (χ0n) is 7.66. The smallest absolute Gasteiger partial charge is 0.238 e. The van der Waals surface area contributed by atoms with Crippen LogP contribution in [0.15, 0.2) is 24.3 Å². The normalized spacial score (nSPS) is 16.6. The number of hydrogen-bond acceptors (Lipinski definition) is 2. The van der Waals surface area contributed by atoms with Crippen molar-refractivity contribution in [2.45, 2.75) is 12.8 Å². The van der Waals surface area contributed by atoms with Crippen molar-refractivity contribution < 1.29 is 9.18 Å². The molecule has 0 unspecified atom stereocenters. The van der Waals surface area contributed by atoms with Crippen LogP contribution in [-0.2, 0) is 4.79 Å². The average Bonchev–Trinajstić information content (AvgIpc) is 2.18. The highest BCUT2D eigenvalue weighted by Gasteiger charge is 2.17. The Bertz CT molecular complexity index is 354. The van der Waals surface area contributed by atoms with Crippen LogP contribution in [0.5, 0.6) is 0 Å². The maximum Gasteiger partial charge on any atom is 0.238 e. The summed E-state index contributed by atoms with van der Waals surface area (Å²) in [6.45, 7) is 0.659. The van der Waals surface area contributed by atoms with E-state index >= 15 is 0 Å². The van der Waals surface area contributed by atoms with Crippen molar-refractivity contribution in [1.82, 2.24) is 5.43 Å². The van der Waals surface area contributed by atoms with Gasteiger partial charge in [0.1, 0.15) is 5.82 Å². The summed E-state index contributed by atoms with van der Waals surface area (Å²) in [6.07, 6.45) is 1.28. The molecule has 1 heterocycles. The lowest BCUT2D eigenvalue weighted by molar-refractivity contribution is -0.122. The Morgan fingerprint density at radius 1 is 1.36 bits per heavy atom. The molecule has 0 saturated carbocycles. The van der Waals surface area contributed by atoms with E-state index in [1.165, 1.54) is 6.07 Å². The van der Waals surface area contributed by atoms with Gasteiger partial charge in [0.25, 0.3) is 0 Å². The third-order valence-electron chi connectivity index (χ3n) is 2.19. The highest BCUT2D eigenvalue weighted by Crippen LogP contribution is 2.19. The Morgan fingerprint density at radius 3 is 2.86 bits per heavy atom. The Hall–Kier alpha value is -1.58. The molecule has 0 aromatic heterocycles. The number of halogens is 1. The first-order valence-corrected chi connectivity index (χ1v) is 4.59. The molecule has 14 heavy (non-hydrogen) atoms. The molecule has 2 rings (SSSR count). The van der Waals surface area contributed by atoms with Crippen molar-refractivity contribution in [1.29, 1.82) is 0 Å². The summed E-state index contributed by atoms with van der Waals surface area (Å²) in [7, 11) is 0. The van der Waals surface area contributed by atoms with E-state index in [4.69, 9.17) is 0 Å². The van der Waals surface area contributed by atoms with Crippen LogP contribution in [-0.4, -0.2) is 12.5 Å². The predicted octanol–water partition coefficient (Wildman–Crippen LogP) is 1.46. The first kappa shape index (κ1) is 8.99. The lowest BCUT2D eigenvalue weighted by Gasteiger charge is -2.29. The second kappa shape index (κ2) is 3.65. The van der Waals surface area contributed by atoms with Gasteiger partial charge in [-0.1, -0.05) is 12.1 Å². The summed E-state index contributed by atoms with van der Waals surface area (Å²) in [6, 6.07) is 6.42. The number of carbonyl (C=O) groups is 1. The third-order valence-corrected chi connectivity index (χ3v) is 2.19. The van der Waals surface area contributed by atoms with Crippen LogP contribution in [0, 0.1) is 5.82 Å². The lowest BCUT2D eigenvalue weighted by atomic mass is 10.2. The second-order valence-corrected chi connectivity index (χ2v) is 3.24. The lowest BCUT2D eigenvalue weighted by Crippen LogP contribution is -2.47. The number of nitrogens with one attached hydrogen (secondary N) is 1. The summed E-state index contributed by atoms with van der Waals surface area (Å²) in [5.41, 5.74) is 3.06. The van der Waals surface area contributed by atoms with Gasteiger partial charge in [0.05, 0.1) is 5.69 Å². The zero-order valence-corrected chi connectivity index (χ0v) is 7.66. The summed E-state index contributed by atoms with van der Waals surface area (Å²) in [5.74, 6) is -0.366. The molecule has 0 atom stereocenters. The van der Waals surface area contributed by atoms with Crippen LogP contribution in [0.25, 0.3) is 0 Å². The van der Waals surface area contributed by atoms with Gasteiger partial charge in [-0.15, -0.1) is 0 Å². The Balaban J connectivity index is 2.22. The van der Waals surface area contributed by atoms with Gasteiger partial charge in [-0.3, -0.25) is 15.2 Å². The molecular weight excluding hydrogens is 183 g/mol. The first-order chi connectivity index (χ1) is 6.77. The van der Waals surface area contributed by atoms with Gasteiger partial charge in [-0.25, -0.2) is 4.39 Å². The SMILES string of the molecule is O=C1CCCN(c2ccccc2F)N1. The number of carbonyl (C=O) groups excluding carboxylic acids is 1. The fraction of sp³-hybridized carbons (Fsp3) is 0.300. The zero-order chi connectivity index (χ0) is 9.97. The largest absolute Gasteiger partial charge is 0.283 e. The van der Waals surface area contributed by atoms with Crippen molar-refractivity contribution in [2.24, 2.45) is 0 Å². The maximum absolute atomic E-state index is 13.3. The molecule has 3 nitrogen and oxygen atoms in total. The molecular formula is C10H11FN2O. The first-order valence-electron chi connectivity index (χ1n) is 4.59. The van der Waals surface area contributed by atoms with Crippen molar-refractivity contribution in [2.75, 3.05) is 11.6 Å². The minimum Gasteiger partial charge on any atom is -0.283 e. The molecule has 1 aromatic rings. The minimum atomic E-state index is -0.310. The predicted molar refractivity (Wildman–Crippen MR) is 51.1 cm³/mol. The van der Waals surface area contributed by atoms with E-state index in [9.17, 15) is 9.18 Å². The molecule has 0 radical (unpaired) electrons. The van der Waals surface area contributed by atoms with E-state index in [-0.39, 0.29) is 11.7 Å². The van der Waals surface area contributed by atoms with E-state index in [0.29, 0.717) is 18.7 Å². The number of nitrogens with zero attached hydrogens (tertiary/aromatic N) is 1. The van der Waals surface area contributed by atoms with Gasteiger partial charge in [0.15, 0.2) is 0 Å². The van der Waals surface area contributed by atoms with Gasteiger partial charge < -0.3 is 0 Å². The molecule has 1 fully saturated rings. The summed E-state index contributed by atoms with van der Waals surface area (Å²) in [4.78, 5) is 11.1. The van der Waals surface area contributed by atoms with Crippen molar-refractivity contribution in [3.8, 4) is 0 Å². The van der Waals surface area contributed by atoms with Gasteiger partial charge >= 0.3 is 0 Å². The topological polar surface area (TPSA) is 32.3 Å². The van der Waals surface area contributed by atoms with E-state index in [1.54, 1.807) is 23.2 Å². The number of hydrogen-bond donors (Lipinski definition) is 1. The fourth-order valence-corrected chi connectivity index (χ4v) is 1.51. The number of benzene rings is 1. The van der Waals surface area contributed by atoms with Crippen molar-refractivity contribution in [3.63, 3.8) is 0 Å². The van der Waals surface area contributed by atoms with Crippen molar-refractivity contribution >= 4 is 11.6 Å². The number of amides is 1. The molecule has 0 bridgehead atoms. The molecule has 4 heteroatoms. The summed E-state index contributed by atoms with van der Waals surface area (Å²) < 4.78 is 13.3. The third kappa shape index (κ3) is 1.69. The molecule has 1 aromatic carbocycles. The second-order valence-electron chi connectivity index (χ2n) is 3.24. The highest BCUT2D eigenvalue weighted by molar-refractivity contribution is 5.79. The van der Waals surface area contributed by atoms with Crippen LogP contribution in [0.3, 0.4) is 0 Å². The van der Waals surface area contributed by atoms with Crippen LogP contribution >= 0.6 is 0 Å². The van der Waals surface area contributed by atoms with E-state index in [2.05, 4.69) is 5.43 Å². The number of hydrazine groups is 1. The summed E-state index contributed by atoms with van der Waals surface area (Å²) >= 11 is 0. The van der Waals surface area contributed by atoms with Crippen LogP contribution in [0.2, 0.25) is 0 Å². The van der Waals surface area contributed by atoms with Crippen LogP contribution < -0.4 is 10.4 Å². The summed E-state index contributed by atoms with van der Waals surface area (Å²) in [5, 5.41) is 1.56. The molecule has 1 N–H and O–H groups in total. The molecule has 0 spiro atoms. The molecule has 1 aliphatic heterocycles. The molecule has 74 valence electrons. The van der Waals surface area contributed by atoms with Gasteiger partial charge in [-0.2, -0.15) is 0 Å². The minimum absolute atomic E-state index is 0.0560. The quantitative estimate of drug-likeness (QED) is 0.734. The highest BCUT2D eigenvalue weighted by atomic mass is 19.1. The van der Waals surface area contributed by atoms with Gasteiger partial charge in [0.2, 0.25) is 5.91 Å². The Labute approximate surface area is 81.5 Å². The number of anilines is 1. The molecule has 1 saturated heterocycles. The molecule has 1 amide bonds. The monoisotopic (exact) mass is 194 g/mol. The van der Waals surface area contributed by atoms with Crippen LogP contribution in [0.4, 0.5) is 10.1 Å². The fourth-order valence-electron chi connectivity index (χ4n) is 1.51. The Kier molecular flexibility index (Phi) is 2.35. The molecule has 1 aliphatic rings. The van der Waals surface area contributed by atoms with Crippen LogP contribution in [0.1, 0.15) is 12.8 Å². The standard InChI is InChI=1S/C10H11FN2O/c11-8-4-1-2-5-9(8)13-7-3-6-10(14)12-13/h1-2,4-5H,3,6-7H2,(H,12,14). The van der Waals surface area contributed by atoms with Gasteiger partial charge in [0, 0.05) is 13.0 Å². The Morgan fingerprint density at radius 2 is 2.14 bits per heavy atom. The van der Waals surface area contributed by atoms with Crippen molar-refractivity contribution in [3.05, 3.63) is 30.1 Å². The average molecular weight is 194 g/mol. The number of rotatable bonds is 1. The van der Waals surface area contributed by atoms with E-state index in [1.807, 2.05) is 0 Å². The van der Waals surface area contributed by atoms with E-state index in [0.717, 1.165) is 6.42 Å². The maximum atomic E-state index is 13.3. The van der Waals surface area contributed by atoms with E-state index < -0.39 is 0 Å².